The van der Waals surface area contributed by atoms with Crippen LogP contribution in [0.2, 0.25) is 0 Å². The van der Waals surface area contributed by atoms with E-state index in [2.05, 4.69) is 10.3 Å². The third kappa shape index (κ3) is 3.60. The van der Waals surface area contributed by atoms with Crippen molar-refractivity contribution >= 4 is 22.4 Å². The van der Waals surface area contributed by atoms with Gasteiger partial charge in [-0.1, -0.05) is 19.9 Å². The molecule has 0 aliphatic rings. The van der Waals surface area contributed by atoms with Gasteiger partial charge in [-0.05, 0) is 23.6 Å². The number of alkyl halides is 3. The fourth-order valence-corrected chi connectivity index (χ4v) is 2.42. The number of nitrogens with one attached hydrogen (secondary N) is 1. The Morgan fingerprint density at radius 1 is 1.33 bits per heavy atom. The van der Waals surface area contributed by atoms with Gasteiger partial charge >= 0.3 is 6.18 Å². The van der Waals surface area contributed by atoms with Gasteiger partial charge in [-0.3, -0.25) is 10.1 Å². The lowest BCUT2D eigenvalue weighted by Crippen LogP contribution is -2.16. The van der Waals surface area contributed by atoms with E-state index in [-0.39, 0.29) is 17.0 Å². The van der Waals surface area contributed by atoms with Crippen molar-refractivity contribution in [2.24, 2.45) is 0 Å². The lowest BCUT2D eigenvalue weighted by atomic mass is 9.94. The largest absolute Gasteiger partial charge is 0.416 e. The predicted octanol–water partition coefficient (Wildman–Crippen LogP) is 4.54. The third-order valence-electron chi connectivity index (χ3n) is 2.90. The number of anilines is 1. The molecule has 0 saturated heterocycles. The van der Waals surface area contributed by atoms with Crippen LogP contribution in [0.15, 0.2) is 29.8 Å². The second-order valence-electron chi connectivity index (χ2n) is 4.75. The first-order valence-corrected chi connectivity index (χ1v) is 7.09. The molecule has 1 heterocycles. The molecule has 1 N–H and O–H groups in total. The Bertz CT molecular complexity index is 636. The summed E-state index contributed by atoms with van der Waals surface area (Å²) in [5.74, 6) is -0.886. The summed E-state index contributed by atoms with van der Waals surface area (Å²) in [6.45, 7) is 3.36. The van der Waals surface area contributed by atoms with Crippen LogP contribution in [0.5, 0.6) is 0 Å². The first-order chi connectivity index (χ1) is 9.79. The van der Waals surface area contributed by atoms with Gasteiger partial charge in [-0.25, -0.2) is 4.98 Å². The maximum atomic E-state index is 13.1. The molecule has 112 valence electrons. The average Bonchev–Trinajstić information content (AvgIpc) is 2.89. The van der Waals surface area contributed by atoms with E-state index < -0.39 is 17.6 Å². The molecule has 1 aromatic carbocycles. The van der Waals surface area contributed by atoms with Crippen molar-refractivity contribution in [1.29, 1.82) is 0 Å². The van der Waals surface area contributed by atoms with Gasteiger partial charge in [0, 0.05) is 17.1 Å². The van der Waals surface area contributed by atoms with Gasteiger partial charge in [0.05, 0.1) is 5.56 Å². The fourth-order valence-electron chi connectivity index (χ4n) is 1.90. The van der Waals surface area contributed by atoms with Crippen LogP contribution in [0.4, 0.5) is 18.3 Å². The van der Waals surface area contributed by atoms with Gasteiger partial charge in [-0.2, -0.15) is 13.2 Å². The standard InChI is InChI=1S/C14H13F3N2OS/c1-8(2)10-4-3-9(7-11(10)14(15,16)17)12(20)19-13-18-5-6-21-13/h3-8H,1-2H3,(H,18,19,20). The van der Waals surface area contributed by atoms with Gasteiger partial charge in [0.1, 0.15) is 0 Å². The van der Waals surface area contributed by atoms with Gasteiger partial charge in [0.25, 0.3) is 5.91 Å². The lowest BCUT2D eigenvalue weighted by Gasteiger charge is -2.16. The van der Waals surface area contributed by atoms with Gasteiger partial charge < -0.3 is 0 Å². The number of aromatic nitrogens is 1. The van der Waals surface area contributed by atoms with Crippen LogP contribution in [0.25, 0.3) is 0 Å². The zero-order valence-electron chi connectivity index (χ0n) is 11.4. The topological polar surface area (TPSA) is 42.0 Å². The number of halogens is 3. The van der Waals surface area contributed by atoms with E-state index >= 15 is 0 Å². The number of benzene rings is 1. The Balaban J connectivity index is 2.35. The first-order valence-electron chi connectivity index (χ1n) is 6.21. The highest BCUT2D eigenvalue weighted by molar-refractivity contribution is 7.13. The number of carbonyl (C=O) groups is 1. The van der Waals surface area contributed by atoms with E-state index in [0.29, 0.717) is 5.13 Å². The minimum atomic E-state index is -4.49. The molecule has 0 spiro atoms. The van der Waals surface area contributed by atoms with Crippen LogP contribution in [-0.4, -0.2) is 10.9 Å². The molecule has 21 heavy (non-hydrogen) atoms. The number of carbonyl (C=O) groups excluding carboxylic acids is 1. The monoisotopic (exact) mass is 314 g/mol. The molecule has 0 saturated carbocycles. The van der Waals surface area contributed by atoms with E-state index in [1.165, 1.54) is 29.7 Å². The normalized spacial score (nSPS) is 11.7. The number of thiazole rings is 1. The summed E-state index contributed by atoms with van der Waals surface area (Å²) < 4.78 is 39.3. The second-order valence-corrected chi connectivity index (χ2v) is 5.64. The van der Waals surface area contributed by atoms with Crippen LogP contribution >= 0.6 is 11.3 Å². The third-order valence-corrected chi connectivity index (χ3v) is 3.58. The molecule has 0 radical (unpaired) electrons. The molecule has 2 rings (SSSR count). The van der Waals surface area contributed by atoms with Gasteiger partial charge in [-0.15, -0.1) is 11.3 Å². The van der Waals surface area contributed by atoms with Crippen molar-refractivity contribution in [2.75, 3.05) is 5.32 Å². The number of rotatable bonds is 3. The average molecular weight is 314 g/mol. The van der Waals surface area contributed by atoms with Gasteiger partial charge in [0.2, 0.25) is 0 Å². The zero-order chi connectivity index (χ0) is 15.6. The maximum absolute atomic E-state index is 13.1. The number of amides is 1. The Morgan fingerprint density at radius 3 is 2.57 bits per heavy atom. The summed E-state index contributed by atoms with van der Waals surface area (Å²) in [6, 6.07) is 3.63. The summed E-state index contributed by atoms with van der Waals surface area (Å²) in [7, 11) is 0. The molecule has 0 aliphatic carbocycles. The number of hydrogen-bond donors (Lipinski definition) is 1. The summed E-state index contributed by atoms with van der Waals surface area (Å²) in [4.78, 5) is 15.8. The molecule has 3 nitrogen and oxygen atoms in total. The van der Waals surface area contributed by atoms with Crippen molar-refractivity contribution in [1.82, 2.24) is 4.98 Å². The van der Waals surface area contributed by atoms with Crippen LogP contribution in [0.3, 0.4) is 0 Å². The summed E-state index contributed by atoms with van der Waals surface area (Å²) in [6.07, 6.45) is -2.99. The molecule has 0 fully saturated rings. The molecular formula is C14H13F3N2OS. The highest BCUT2D eigenvalue weighted by Crippen LogP contribution is 2.35. The second kappa shape index (κ2) is 5.85. The van der Waals surface area contributed by atoms with Crippen molar-refractivity contribution in [3.63, 3.8) is 0 Å². The number of nitrogens with zero attached hydrogens (tertiary/aromatic N) is 1. The van der Waals surface area contributed by atoms with E-state index in [4.69, 9.17) is 0 Å². The molecule has 0 unspecified atom stereocenters. The summed E-state index contributed by atoms with van der Waals surface area (Å²) in [5, 5.41) is 4.48. The minimum Gasteiger partial charge on any atom is -0.298 e. The van der Waals surface area contributed by atoms with Crippen LogP contribution in [0, 0.1) is 0 Å². The quantitative estimate of drug-likeness (QED) is 0.904. The molecular weight excluding hydrogens is 301 g/mol. The van der Waals surface area contributed by atoms with Crippen LogP contribution < -0.4 is 5.32 Å². The van der Waals surface area contributed by atoms with Crippen LogP contribution in [-0.2, 0) is 6.18 Å². The molecule has 1 aromatic heterocycles. The summed E-state index contributed by atoms with van der Waals surface area (Å²) in [5.41, 5.74) is -0.639. The first kappa shape index (κ1) is 15.5. The fraction of sp³-hybridized carbons (Fsp3) is 0.286. The Kier molecular flexibility index (Phi) is 4.32. The highest BCUT2D eigenvalue weighted by Gasteiger charge is 2.34. The van der Waals surface area contributed by atoms with Gasteiger partial charge in [0.15, 0.2) is 5.13 Å². The zero-order valence-corrected chi connectivity index (χ0v) is 12.2. The smallest absolute Gasteiger partial charge is 0.298 e. The van der Waals surface area contributed by atoms with Crippen molar-refractivity contribution in [3.8, 4) is 0 Å². The predicted molar refractivity (Wildman–Crippen MR) is 75.6 cm³/mol. The Morgan fingerprint density at radius 2 is 2.05 bits per heavy atom. The molecule has 1 amide bonds. The SMILES string of the molecule is CC(C)c1ccc(C(=O)Nc2nccs2)cc1C(F)(F)F. The highest BCUT2D eigenvalue weighted by atomic mass is 32.1. The molecule has 2 aromatic rings. The van der Waals surface area contributed by atoms with E-state index in [0.717, 1.165) is 6.07 Å². The van der Waals surface area contributed by atoms with Crippen LogP contribution in [0.1, 0.15) is 41.3 Å². The maximum Gasteiger partial charge on any atom is 0.416 e. The Labute approximate surface area is 123 Å². The van der Waals surface area contributed by atoms with Crippen molar-refractivity contribution in [2.45, 2.75) is 25.9 Å². The molecule has 0 aliphatic heterocycles. The molecule has 0 bridgehead atoms. The number of hydrogen-bond acceptors (Lipinski definition) is 3. The van der Waals surface area contributed by atoms with E-state index in [1.807, 2.05) is 0 Å². The molecule has 0 atom stereocenters. The molecule has 7 heteroatoms. The van der Waals surface area contributed by atoms with E-state index in [1.54, 1.807) is 19.2 Å². The van der Waals surface area contributed by atoms with E-state index in [9.17, 15) is 18.0 Å². The lowest BCUT2D eigenvalue weighted by molar-refractivity contribution is -0.138. The Hall–Kier alpha value is -1.89. The summed E-state index contributed by atoms with van der Waals surface area (Å²) >= 11 is 1.20. The van der Waals surface area contributed by atoms with Crippen molar-refractivity contribution < 1.29 is 18.0 Å². The minimum absolute atomic E-state index is 0.0399. The van der Waals surface area contributed by atoms with Crippen molar-refractivity contribution in [3.05, 3.63) is 46.5 Å².